The van der Waals surface area contributed by atoms with Crippen LogP contribution >= 0.6 is 0 Å². The van der Waals surface area contributed by atoms with Crippen molar-refractivity contribution in [2.75, 3.05) is 13.2 Å². The fourth-order valence-corrected chi connectivity index (χ4v) is 1.16. The smallest absolute Gasteiger partial charge is 0.296 e. The summed E-state index contributed by atoms with van der Waals surface area (Å²) in [6.07, 6.45) is 3.24. The minimum Gasteiger partial charge on any atom is -0.465 e. The summed E-state index contributed by atoms with van der Waals surface area (Å²) in [6, 6.07) is 0.278. The lowest BCUT2D eigenvalue weighted by Gasteiger charge is -2.14. The first-order valence-corrected chi connectivity index (χ1v) is 5.85. The van der Waals surface area contributed by atoms with Gasteiger partial charge in [0.25, 0.3) is 6.02 Å². The van der Waals surface area contributed by atoms with Crippen LogP contribution in [0, 0.1) is 0 Å². The lowest BCUT2D eigenvalue weighted by Crippen LogP contribution is -2.36. The fraction of sp³-hybridized carbons (Fsp3) is 0.545. The van der Waals surface area contributed by atoms with E-state index in [0.29, 0.717) is 18.1 Å². The molecule has 18 heavy (non-hydrogen) atoms. The van der Waals surface area contributed by atoms with E-state index in [0.717, 1.165) is 12.8 Å². The molecule has 0 unspecified atom stereocenters. The number of amides is 1. The molecule has 1 aliphatic heterocycles. The van der Waals surface area contributed by atoms with E-state index >= 15 is 0 Å². The largest absolute Gasteiger partial charge is 0.465 e. The van der Waals surface area contributed by atoms with Gasteiger partial charge in [-0.3, -0.25) is 15.1 Å². The molecule has 7 nitrogen and oxygen atoms in total. The highest BCUT2D eigenvalue weighted by Gasteiger charge is 2.08. The van der Waals surface area contributed by atoms with Crippen LogP contribution < -0.4 is 16.4 Å². The van der Waals surface area contributed by atoms with Crippen molar-refractivity contribution < 1.29 is 9.53 Å². The van der Waals surface area contributed by atoms with Crippen LogP contribution in [0.5, 0.6) is 0 Å². The van der Waals surface area contributed by atoms with Crippen molar-refractivity contribution in [3.63, 3.8) is 0 Å². The van der Waals surface area contributed by atoms with E-state index in [1.165, 1.54) is 6.34 Å². The molecule has 0 radical (unpaired) electrons. The van der Waals surface area contributed by atoms with Crippen LogP contribution in [-0.2, 0) is 9.53 Å². The number of hydrogen-bond donors (Lipinski definition) is 3. The highest BCUT2D eigenvalue weighted by Crippen LogP contribution is 1.95. The Bertz CT molecular complexity index is 387. The number of unbranched alkanes of at least 4 members (excludes halogenated alkanes) is 1. The molecule has 0 saturated heterocycles. The van der Waals surface area contributed by atoms with Gasteiger partial charge in [0.15, 0.2) is 0 Å². The first kappa shape index (κ1) is 14.0. The molecule has 0 saturated carbocycles. The molecule has 0 aromatic carbocycles. The third-order valence-corrected chi connectivity index (χ3v) is 2.20. The Morgan fingerprint density at radius 3 is 3.00 bits per heavy atom. The molecule has 0 aromatic heterocycles. The van der Waals surface area contributed by atoms with Crippen LogP contribution in [0.25, 0.3) is 0 Å². The highest BCUT2D eigenvalue weighted by molar-refractivity contribution is 5.86. The van der Waals surface area contributed by atoms with E-state index in [1.54, 1.807) is 6.92 Å². The zero-order valence-electron chi connectivity index (χ0n) is 10.7. The summed E-state index contributed by atoms with van der Waals surface area (Å²) in [4.78, 5) is 19.1. The average Bonchev–Trinajstić information content (AvgIpc) is 2.33. The number of rotatable bonds is 3. The fourth-order valence-electron chi connectivity index (χ4n) is 1.16. The molecule has 0 atom stereocenters. The number of nitrogens with one attached hydrogen (secondary N) is 2. The number of allylic oxidation sites excluding steroid dienone is 1. The van der Waals surface area contributed by atoms with E-state index in [1.807, 2.05) is 0 Å². The molecule has 0 spiro atoms. The predicted octanol–water partition coefficient (Wildman–Crippen LogP) is 0.0545. The monoisotopic (exact) mass is 253 g/mol. The number of carbonyl (C=O) groups excluding carboxylic acids is 1. The number of nitrogens with zero attached hydrogens (tertiary/aromatic N) is 2. The molecule has 0 fully saturated rings. The van der Waals surface area contributed by atoms with Gasteiger partial charge in [-0.15, -0.1) is 0 Å². The third-order valence-electron chi connectivity index (χ3n) is 2.20. The Labute approximate surface area is 106 Å². The molecule has 0 aliphatic carbocycles. The topological polar surface area (TPSA) is 101 Å². The number of aliphatic imine (C=N–C) groups is 2. The summed E-state index contributed by atoms with van der Waals surface area (Å²) in [6.45, 7) is 4.32. The van der Waals surface area contributed by atoms with Gasteiger partial charge in [0.2, 0.25) is 5.91 Å². The lowest BCUT2D eigenvalue weighted by molar-refractivity contribution is -0.119. The quantitative estimate of drug-likeness (QED) is 0.619. The Morgan fingerprint density at radius 2 is 2.28 bits per heavy atom. The zero-order chi connectivity index (χ0) is 13.4. The molecule has 4 N–H and O–H groups in total. The summed E-state index contributed by atoms with van der Waals surface area (Å²) >= 11 is 0. The highest BCUT2D eigenvalue weighted by atomic mass is 16.5. The number of amidine groups is 1. The second-order valence-electron chi connectivity index (χ2n) is 3.80. The normalized spacial score (nSPS) is 20.8. The summed E-state index contributed by atoms with van der Waals surface area (Å²) in [5.74, 6) is 0.0629. The van der Waals surface area contributed by atoms with Gasteiger partial charge in [0.05, 0.1) is 12.3 Å². The third kappa shape index (κ3) is 4.86. The summed E-state index contributed by atoms with van der Waals surface area (Å²) in [7, 11) is 0. The van der Waals surface area contributed by atoms with Gasteiger partial charge in [-0.05, 0) is 13.3 Å². The molecule has 1 aliphatic rings. The molecule has 7 heteroatoms. The van der Waals surface area contributed by atoms with Crippen molar-refractivity contribution in [1.82, 2.24) is 10.6 Å². The van der Waals surface area contributed by atoms with Gasteiger partial charge in [0, 0.05) is 0 Å². The van der Waals surface area contributed by atoms with Gasteiger partial charge in [-0.2, -0.15) is 4.99 Å². The maximum atomic E-state index is 11.3. The second-order valence-corrected chi connectivity index (χ2v) is 3.80. The molecule has 0 bridgehead atoms. The Hall–Kier alpha value is -2.05. The maximum Gasteiger partial charge on any atom is 0.296 e. The lowest BCUT2D eigenvalue weighted by atomic mass is 10.4. The van der Waals surface area contributed by atoms with Crippen LogP contribution in [0.1, 0.15) is 26.7 Å². The number of ether oxygens (including phenoxy) is 1. The minimum atomic E-state index is -0.237. The number of nitrogens with two attached hydrogens (primary N) is 1. The molecule has 1 rings (SSSR count). The number of hydrogen-bond acceptors (Lipinski definition) is 6. The van der Waals surface area contributed by atoms with Crippen molar-refractivity contribution in [2.24, 2.45) is 15.7 Å². The van der Waals surface area contributed by atoms with Crippen LogP contribution in [0.2, 0.25) is 0 Å². The van der Waals surface area contributed by atoms with E-state index in [9.17, 15) is 4.79 Å². The molecular weight excluding hydrogens is 234 g/mol. The first-order valence-electron chi connectivity index (χ1n) is 5.85. The standard InChI is InChI=1S/C11H19N5O2/c1-3-4-5-18-11-14-7-13-6-9(17)15-8(2)10(12)16-11/h7H,3-6,12H2,1-2H3,(H,15,17)(H,13,14,16)/b10-8+. The van der Waals surface area contributed by atoms with Gasteiger partial charge in [0.1, 0.15) is 18.7 Å². The van der Waals surface area contributed by atoms with Crippen LogP contribution in [-0.4, -0.2) is 31.4 Å². The minimum absolute atomic E-state index is 0.0103. The molecule has 1 heterocycles. The first-order chi connectivity index (χ1) is 8.63. The van der Waals surface area contributed by atoms with Crippen LogP contribution in [0.15, 0.2) is 21.5 Å². The molecule has 100 valence electrons. The summed E-state index contributed by atoms with van der Waals surface area (Å²) in [5, 5.41) is 5.41. The van der Waals surface area contributed by atoms with Gasteiger partial charge >= 0.3 is 0 Å². The van der Waals surface area contributed by atoms with Crippen molar-refractivity contribution >= 4 is 18.3 Å². The van der Waals surface area contributed by atoms with Gasteiger partial charge < -0.3 is 15.8 Å². The van der Waals surface area contributed by atoms with Crippen LogP contribution in [0.3, 0.4) is 0 Å². The van der Waals surface area contributed by atoms with E-state index in [4.69, 9.17) is 10.5 Å². The molecule has 1 amide bonds. The van der Waals surface area contributed by atoms with Crippen molar-refractivity contribution in [2.45, 2.75) is 26.7 Å². The van der Waals surface area contributed by atoms with E-state index in [-0.39, 0.29) is 18.5 Å². The van der Waals surface area contributed by atoms with Gasteiger partial charge in [-0.1, -0.05) is 13.3 Å². The Balaban J connectivity index is 2.75. The second kappa shape index (κ2) is 7.31. The molecular formula is C11H19N5O2. The van der Waals surface area contributed by atoms with E-state index < -0.39 is 0 Å². The predicted molar refractivity (Wildman–Crippen MR) is 69.8 cm³/mol. The zero-order valence-corrected chi connectivity index (χ0v) is 10.7. The van der Waals surface area contributed by atoms with Crippen molar-refractivity contribution in [3.05, 3.63) is 11.5 Å². The Kier molecular flexibility index (Phi) is 5.69. The van der Waals surface area contributed by atoms with Crippen molar-refractivity contribution in [1.29, 1.82) is 0 Å². The van der Waals surface area contributed by atoms with Crippen molar-refractivity contribution in [3.8, 4) is 0 Å². The summed E-state index contributed by atoms with van der Waals surface area (Å²) in [5.41, 5.74) is 6.29. The number of carbonyl (C=O) groups is 1. The average molecular weight is 253 g/mol. The van der Waals surface area contributed by atoms with E-state index in [2.05, 4.69) is 27.5 Å². The van der Waals surface area contributed by atoms with Gasteiger partial charge in [-0.25, -0.2) is 0 Å². The SMILES string of the molecule is CCCCOC1=NC=NCC(=O)N/C(C)=C(\N)N1. The maximum absolute atomic E-state index is 11.3. The molecule has 0 aromatic rings. The Morgan fingerprint density at radius 1 is 1.50 bits per heavy atom. The summed E-state index contributed by atoms with van der Waals surface area (Å²) < 4.78 is 5.42. The van der Waals surface area contributed by atoms with Crippen LogP contribution in [0.4, 0.5) is 0 Å².